The number of rotatable bonds is 4. The molecule has 1 saturated carbocycles. The van der Waals surface area contributed by atoms with Crippen LogP contribution < -0.4 is 10.5 Å². The Morgan fingerprint density at radius 1 is 0.850 bits per heavy atom. The molecule has 7 heteroatoms. The van der Waals surface area contributed by atoms with Crippen molar-refractivity contribution in [2.45, 2.75) is 25.7 Å². The summed E-state index contributed by atoms with van der Waals surface area (Å²) in [7, 11) is 0. The van der Waals surface area contributed by atoms with Gasteiger partial charge in [-0.05, 0) is 12.8 Å². The lowest BCUT2D eigenvalue weighted by Gasteiger charge is -2.27. The lowest BCUT2D eigenvalue weighted by Crippen LogP contribution is -2.34. The monoisotopic (exact) mass is 295 g/mol. The van der Waals surface area contributed by atoms with Crippen LogP contribution in [0.3, 0.4) is 0 Å². The first-order valence-electron chi connectivity index (χ1n) is 6.26. The normalized spacial score (nSPS) is 17.5. The molecule has 112 valence electrons. The maximum atomic E-state index is 13.4. The Morgan fingerprint density at radius 3 is 1.75 bits per heavy atom. The lowest BCUT2D eigenvalue weighted by molar-refractivity contribution is 0.143. The summed E-state index contributed by atoms with van der Waals surface area (Å²) in [6.07, 6.45) is 3.22. The van der Waals surface area contributed by atoms with Crippen LogP contribution in [0, 0.1) is 34.5 Å². The van der Waals surface area contributed by atoms with Gasteiger partial charge < -0.3 is 10.5 Å². The van der Waals surface area contributed by atoms with Gasteiger partial charge in [-0.25, -0.2) is 13.2 Å². The molecule has 0 aromatic heterocycles. The van der Waals surface area contributed by atoms with Crippen molar-refractivity contribution in [2.24, 2.45) is 11.1 Å². The van der Waals surface area contributed by atoms with Crippen molar-refractivity contribution < 1.29 is 26.7 Å². The minimum Gasteiger partial charge on any atom is -0.487 e. The number of hydrogen-bond donors (Lipinski definition) is 1. The third-order valence-corrected chi connectivity index (χ3v) is 3.79. The number of nitrogens with two attached hydrogens (primary N) is 1. The molecular formula is C13H14F5NO. The van der Waals surface area contributed by atoms with E-state index in [0.29, 0.717) is 12.8 Å². The van der Waals surface area contributed by atoms with Gasteiger partial charge in [0.25, 0.3) is 0 Å². The Balaban J connectivity index is 2.26. The van der Waals surface area contributed by atoms with E-state index in [-0.39, 0.29) is 13.2 Å². The van der Waals surface area contributed by atoms with Gasteiger partial charge in [0.2, 0.25) is 29.1 Å². The fourth-order valence-corrected chi connectivity index (χ4v) is 2.47. The van der Waals surface area contributed by atoms with Crippen LogP contribution in [-0.4, -0.2) is 13.2 Å². The zero-order valence-electron chi connectivity index (χ0n) is 10.6. The molecule has 0 atom stereocenters. The second-order valence-electron chi connectivity index (χ2n) is 5.10. The average Bonchev–Trinajstić information content (AvgIpc) is 2.92. The van der Waals surface area contributed by atoms with Gasteiger partial charge in [-0.3, -0.25) is 0 Å². The molecule has 0 unspecified atom stereocenters. The van der Waals surface area contributed by atoms with E-state index < -0.39 is 40.3 Å². The zero-order valence-corrected chi connectivity index (χ0v) is 10.6. The number of ether oxygens (including phenoxy) is 1. The van der Waals surface area contributed by atoms with Crippen molar-refractivity contribution in [2.75, 3.05) is 13.2 Å². The minimum absolute atomic E-state index is 0.165. The number of hydrogen-bond acceptors (Lipinski definition) is 2. The van der Waals surface area contributed by atoms with Crippen LogP contribution in [0.4, 0.5) is 22.0 Å². The second kappa shape index (κ2) is 5.55. The molecule has 2 N–H and O–H groups in total. The lowest BCUT2D eigenvalue weighted by atomic mass is 9.87. The van der Waals surface area contributed by atoms with E-state index in [1.807, 2.05) is 0 Å². The van der Waals surface area contributed by atoms with Crippen LogP contribution in [0.5, 0.6) is 5.75 Å². The van der Waals surface area contributed by atoms with Gasteiger partial charge in [0.1, 0.15) is 0 Å². The van der Waals surface area contributed by atoms with Gasteiger partial charge in [-0.15, -0.1) is 0 Å². The van der Waals surface area contributed by atoms with E-state index in [0.717, 1.165) is 12.8 Å². The second-order valence-corrected chi connectivity index (χ2v) is 5.10. The molecule has 2 rings (SSSR count). The molecule has 0 aliphatic heterocycles. The molecule has 1 aliphatic carbocycles. The van der Waals surface area contributed by atoms with Gasteiger partial charge in [0.15, 0.2) is 5.75 Å². The maximum Gasteiger partial charge on any atom is 0.206 e. The van der Waals surface area contributed by atoms with Crippen LogP contribution >= 0.6 is 0 Å². The summed E-state index contributed by atoms with van der Waals surface area (Å²) < 4.78 is 70.6. The highest BCUT2D eigenvalue weighted by Crippen LogP contribution is 2.38. The first-order chi connectivity index (χ1) is 9.42. The van der Waals surface area contributed by atoms with E-state index in [1.165, 1.54) is 0 Å². The zero-order chi connectivity index (χ0) is 14.9. The summed E-state index contributed by atoms with van der Waals surface area (Å²) in [4.78, 5) is 0. The van der Waals surface area contributed by atoms with E-state index in [4.69, 9.17) is 10.5 Å². The van der Waals surface area contributed by atoms with Crippen molar-refractivity contribution in [1.29, 1.82) is 0 Å². The van der Waals surface area contributed by atoms with Crippen molar-refractivity contribution in [1.82, 2.24) is 0 Å². The van der Waals surface area contributed by atoms with Crippen molar-refractivity contribution in [3.05, 3.63) is 29.1 Å². The number of benzene rings is 1. The van der Waals surface area contributed by atoms with E-state index in [1.54, 1.807) is 0 Å². The highest BCUT2D eigenvalue weighted by Gasteiger charge is 2.35. The van der Waals surface area contributed by atoms with Gasteiger partial charge in [-0.1, -0.05) is 12.8 Å². The third-order valence-electron chi connectivity index (χ3n) is 3.79. The Hall–Kier alpha value is -1.37. The predicted octanol–water partition coefficient (Wildman–Crippen LogP) is 3.28. The predicted molar refractivity (Wildman–Crippen MR) is 61.7 cm³/mol. The van der Waals surface area contributed by atoms with E-state index in [9.17, 15) is 22.0 Å². The fourth-order valence-electron chi connectivity index (χ4n) is 2.47. The highest BCUT2D eigenvalue weighted by atomic mass is 19.2. The summed E-state index contributed by atoms with van der Waals surface area (Å²) >= 11 is 0. The van der Waals surface area contributed by atoms with E-state index in [2.05, 4.69) is 0 Å². The number of halogens is 5. The van der Waals surface area contributed by atoms with Crippen molar-refractivity contribution in [3.63, 3.8) is 0 Å². The summed E-state index contributed by atoms with van der Waals surface area (Å²) in [5.74, 6) is -11.3. The fraction of sp³-hybridized carbons (Fsp3) is 0.538. The SMILES string of the molecule is NCC1(COc2c(F)c(F)c(F)c(F)c2F)CCCC1. The van der Waals surface area contributed by atoms with Crippen LogP contribution in [0.25, 0.3) is 0 Å². The Morgan fingerprint density at radius 2 is 1.30 bits per heavy atom. The first kappa shape index (κ1) is 15.0. The molecule has 0 amide bonds. The van der Waals surface area contributed by atoms with Crippen LogP contribution in [0.2, 0.25) is 0 Å². The van der Waals surface area contributed by atoms with Gasteiger partial charge >= 0.3 is 0 Å². The Labute approximate surface area is 112 Å². The maximum absolute atomic E-state index is 13.4. The average molecular weight is 295 g/mol. The molecule has 1 fully saturated rings. The van der Waals surface area contributed by atoms with Crippen LogP contribution in [0.15, 0.2) is 0 Å². The standard InChI is InChI=1S/C13H14F5NO/c14-7-8(15)10(17)12(11(18)9(7)16)20-6-13(5-19)3-1-2-4-13/h1-6,19H2. The van der Waals surface area contributed by atoms with Gasteiger partial charge in [0, 0.05) is 12.0 Å². The summed E-state index contributed by atoms with van der Waals surface area (Å²) in [5, 5.41) is 0. The van der Waals surface area contributed by atoms with Crippen molar-refractivity contribution in [3.8, 4) is 5.75 Å². The van der Waals surface area contributed by atoms with Crippen LogP contribution in [-0.2, 0) is 0 Å². The topological polar surface area (TPSA) is 35.2 Å². The summed E-state index contributed by atoms with van der Waals surface area (Å²) in [5.41, 5.74) is 5.16. The Kier molecular flexibility index (Phi) is 4.17. The molecule has 20 heavy (non-hydrogen) atoms. The van der Waals surface area contributed by atoms with Gasteiger partial charge in [-0.2, -0.15) is 8.78 Å². The Bertz CT molecular complexity index is 485. The molecule has 0 bridgehead atoms. The largest absolute Gasteiger partial charge is 0.487 e. The molecule has 0 radical (unpaired) electrons. The molecule has 1 aliphatic rings. The summed E-state index contributed by atoms with van der Waals surface area (Å²) in [6, 6.07) is 0. The van der Waals surface area contributed by atoms with Gasteiger partial charge in [0.05, 0.1) is 6.61 Å². The molecule has 0 heterocycles. The molecule has 0 saturated heterocycles. The molecule has 1 aromatic rings. The highest BCUT2D eigenvalue weighted by molar-refractivity contribution is 5.29. The molecule has 2 nitrogen and oxygen atoms in total. The molecular weight excluding hydrogens is 281 g/mol. The van der Waals surface area contributed by atoms with Crippen LogP contribution in [0.1, 0.15) is 25.7 Å². The molecule has 0 spiro atoms. The minimum atomic E-state index is -2.19. The third kappa shape index (κ3) is 2.46. The quantitative estimate of drug-likeness (QED) is 0.525. The van der Waals surface area contributed by atoms with Crippen molar-refractivity contribution >= 4 is 0 Å². The van der Waals surface area contributed by atoms with E-state index >= 15 is 0 Å². The summed E-state index contributed by atoms with van der Waals surface area (Å²) in [6.45, 7) is 0.0737. The first-order valence-corrected chi connectivity index (χ1v) is 6.26. The smallest absolute Gasteiger partial charge is 0.206 e. The molecule has 1 aromatic carbocycles.